The molecule has 2 atom stereocenters. The number of halogens is 5. The zero-order chi connectivity index (χ0) is 25.3. The van der Waals surface area contributed by atoms with E-state index in [2.05, 4.69) is 4.18 Å². The summed E-state index contributed by atoms with van der Waals surface area (Å²) in [7, 11) is -5.08. The van der Waals surface area contributed by atoms with E-state index in [1.807, 2.05) is 22.6 Å². The van der Waals surface area contributed by atoms with Crippen molar-refractivity contribution in [3.8, 4) is 0 Å². The van der Waals surface area contributed by atoms with E-state index in [-0.39, 0.29) is 5.69 Å². The lowest BCUT2D eigenvalue weighted by atomic mass is 9.89. The molecule has 2 fully saturated rings. The number of imide groups is 1. The molecule has 184 valence electrons. The van der Waals surface area contributed by atoms with Gasteiger partial charge in [-0.1, -0.05) is 0 Å². The number of nitrogens with zero attached hydrogens (tertiary/aromatic N) is 3. The number of hydrogen-bond acceptors (Lipinski definition) is 6. The molecule has 9 nitrogen and oxygen atoms in total. The summed E-state index contributed by atoms with van der Waals surface area (Å²) in [4.78, 5) is 42.0. The van der Waals surface area contributed by atoms with Crippen molar-refractivity contribution in [3.63, 3.8) is 0 Å². The molecule has 3 aliphatic rings. The van der Waals surface area contributed by atoms with Crippen LogP contribution < -0.4 is 4.90 Å². The molecule has 0 N–H and O–H groups in total. The van der Waals surface area contributed by atoms with Crippen LogP contribution in [0.3, 0.4) is 0 Å². The summed E-state index contributed by atoms with van der Waals surface area (Å²) in [5, 5.41) is 0. The van der Waals surface area contributed by atoms with Crippen molar-refractivity contribution in [2.24, 2.45) is 5.92 Å². The lowest BCUT2D eigenvalue weighted by molar-refractivity contribution is -0.141. The standard InChI is InChI=1S/C19H16F4IN3O6S/c1-8-14(33-34(31,32)19(21,22)23)13-15(25(2)16(8)28)27(12-6-3-9(24)7-11(12)20)18(30)26(17(13)29)10-4-5-10/h3,6-7,10,13,15H,4-5H2,1-2H3. The lowest BCUT2D eigenvalue weighted by Crippen LogP contribution is -2.70. The molecule has 2 unspecified atom stereocenters. The van der Waals surface area contributed by atoms with E-state index in [0.29, 0.717) is 16.4 Å². The zero-order valence-corrected chi connectivity index (χ0v) is 20.4. The SMILES string of the molecule is CC1=C(OS(=O)(=O)C(F)(F)F)C2C(=O)N(C3CC3)C(=O)N(c3ccc(I)cc3F)C2N(C)C1=O. The van der Waals surface area contributed by atoms with Crippen LogP contribution in [0, 0.1) is 15.3 Å². The summed E-state index contributed by atoms with van der Waals surface area (Å²) in [6, 6.07) is 2.19. The Labute approximate surface area is 204 Å². The second-order valence-corrected chi connectivity index (χ2v) is 10.8. The van der Waals surface area contributed by atoms with Crippen LogP contribution in [0.4, 0.5) is 28.0 Å². The number of alkyl halides is 3. The van der Waals surface area contributed by atoms with Crippen molar-refractivity contribution >= 4 is 56.2 Å². The zero-order valence-electron chi connectivity index (χ0n) is 17.5. The Hall–Kier alpha value is -2.43. The third-order valence-electron chi connectivity index (χ3n) is 5.73. The molecule has 2 aliphatic heterocycles. The molecule has 1 saturated carbocycles. The summed E-state index contributed by atoms with van der Waals surface area (Å²) in [6.45, 7) is 1.01. The quantitative estimate of drug-likeness (QED) is 0.223. The van der Waals surface area contributed by atoms with Gasteiger partial charge in [0.2, 0.25) is 5.91 Å². The Kier molecular flexibility index (Phi) is 5.86. The topological polar surface area (TPSA) is 104 Å². The van der Waals surface area contributed by atoms with Crippen LogP contribution in [0.1, 0.15) is 19.8 Å². The van der Waals surface area contributed by atoms with Crippen LogP contribution >= 0.6 is 22.6 Å². The minimum atomic E-state index is -6.25. The molecule has 15 heteroatoms. The minimum absolute atomic E-state index is 0.337. The smallest absolute Gasteiger partial charge is 0.379 e. The van der Waals surface area contributed by atoms with Crippen molar-refractivity contribution in [2.75, 3.05) is 11.9 Å². The first-order valence-corrected chi connectivity index (χ1v) is 12.3. The van der Waals surface area contributed by atoms with Crippen LogP contribution in [0.15, 0.2) is 29.5 Å². The van der Waals surface area contributed by atoms with Gasteiger partial charge < -0.3 is 9.08 Å². The van der Waals surface area contributed by atoms with Gasteiger partial charge in [-0.25, -0.2) is 9.18 Å². The fourth-order valence-corrected chi connectivity index (χ4v) is 5.00. The number of urea groups is 1. The Balaban J connectivity index is 1.93. The predicted octanol–water partition coefficient (Wildman–Crippen LogP) is 2.92. The first-order chi connectivity index (χ1) is 15.7. The number of anilines is 1. The number of likely N-dealkylation sites (N-methyl/N-ethyl adjacent to an activating group) is 1. The fraction of sp³-hybridized carbons (Fsp3) is 0.421. The summed E-state index contributed by atoms with van der Waals surface area (Å²) in [5.74, 6) is -5.81. The van der Waals surface area contributed by atoms with Crippen molar-refractivity contribution in [3.05, 3.63) is 38.9 Å². The number of carbonyl (C=O) groups excluding carboxylic acids is 3. The molecular formula is C19H16F4IN3O6S. The number of rotatable bonds is 4. The molecule has 0 bridgehead atoms. The van der Waals surface area contributed by atoms with Crippen LogP contribution in [-0.4, -0.2) is 60.8 Å². The van der Waals surface area contributed by atoms with Crippen molar-refractivity contribution < 1.29 is 44.5 Å². The van der Waals surface area contributed by atoms with E-state index >= 15 is 0 Å². The van der Waals surface area contributed by atoms with Crippen LogP contribution in [-0.2, 0) is 23.9 Å². The maximum Gasteiger partial charge on any atom is 0.534 e. The highest BCUT2D eigenvalue weighted by Gasteiger charge is 2.60. The molecule has 1 aromatic rings. The summed E-state index contributed by atoms with van der Waals surface area (Å²) in [6.07, 6.45) is -0.849. The van der Waals surface area contributed by atoms with Crippen LogP contribution in [0.5, 0.6) is 0 Å². The number of amides is 4. The van der Waals surface area contributed by atoms with E-state index in [1.54, 1.807) is 0 Å². The largest absolute Gasteiger partial charge is 0.534 e. The molecule has 0 aromatic heterocycles. The molecule has 4 amide bonds. The number of carbonyl (C=O) groups is 3. The number of fused-ring (bicyclic) bond motifs is 1. The highest BCUT2D eigenvalue weighted by atomic mass is 127. The molecule has 2 heterocycles. The fourth-order valence-electron chi connectivity index (χ4n) is 3.99. The average Bonchev–Trinajstić information content (AvgIpc) is 3.54. The normalized spacial score (nSPS) is 24.1. The van der Waals surface area contributed by atoms with Gasteiger partial charge in [0.15, 0.2) is 0 Å². The van der Waals surface area contributed by atoms with E-state index in [9.17, 15) is 40.4 Å². The second kappa shape index (κ2) is 8.07. The predicted molar refractivity (Wildman–Crippen MR) is 116 cm³/mol. The van der Waals surface area contributed by atoms with Crippen molar-refractivity contribution in [1.29, 1.82) is 0 Å². The Morgan fingerprint density at radius 2 is 1.74 bits per heavy atom. The van der Waals surface area contributed by atoms with Crippen molar-refractivity contribution in [2.45, 2.75) is 37.5 Å². The van der Waals surface area contributed by atoms with Gasteiger partial charge in [-0.05, 0) is 60.6 Å². The Morgan fingerprint density at radius 3 is 2.26 bits per heavy atom. The van der Waals surface area contributed by atoms with Gasteiger partial charge in [0.1, 0.15) is 23.7 Å². The average molecular weight is 617 g/mol. The maximum atomic E-state index is 14.9. The number of benzene rings is 1. The minimum Gasteiger partial charge on any atom is -0.379 e. The Bertz CT molecular complexity index is 1250. The molecule has 0 radical (unpaired) electrons. The highest BCUT2D eigenvalue weighted by molar-refractivity contribution is 14.1. The molecule has 0 spiro atoms. The van der Waals surface area contributed by atoms with Gasteiger partial charge in [-0.2, -0.15) is 21.6 Å². The van der Waals surface area contributed by atoms with Gasteiger partial charge in [-0.3, -0.25) is 19.4 Å². The van der Waals surface area contributed by atoms with E-state index in [0.717, 1.165) is 27.7 Å². The van der Waals surface area contributed by atoms with Gasteiger partial charge in [0.05, 0.1) is 11.3 Å². The maximum absolute atomic E-state index is 14.9. The van der Waals surface area contributed by atoms with Crippen LogP contribution in [0.2, 0.25) is 0 Å². The summed E-state index contributed by atoms with van der Waals surface area (Å²) >= 11 is 1.83. The molecule has 1 saturated heterocycles. The molecule has 1 aliphatic carbocycles. The molecular weight excluding hydrogens is 601 g/mol. The van der Waals surface area contributed by atoms with E-state index in [4.69, 9.17) is 0 Å². The monoisotopic (exact) mass is 617 g/mol. The molecule has 1 aromatic carbocycles. The summed E-state index contributed by atoms with van der Waals surface area (Å²) in [5.41, 5.74) is -6.73. The first kappa shape index (κ1) is 24.7. The van der Waals surface area contributed by atoms with Gasteiger partial charge >= 0.3 is 21.7 Å². The molecule has 4 rings (SSSR count). The third-order valence-corrected chi connectivity index (χ3v) is 7.37. The second-order valence-electron chi connectivity index (χ2n) is 7.97. The lowest BCUT2D eigenvalue weighted by Gasteiger charge is -2.50. The van der Waals surface area contributed by atoms with Crippen molar-refractivity contribution in [1.82, 2.24) is 9.80 Å². The number of hydrogen-bond donors (Lipinski definition) is 0. The third kappa shape index (κ3) is 3.81. The van der Waals surface area contributed by atoms with Gasteiger partial charge in [0, 0.05) is 16.7 Å². The Morgan fingerprint density at radius 1 is 1.12 bits per heavy atom. The highest BCUT2D eigenvalue weighted by Crippen LogP contribution is 2.44. The van der Waals surface area contributed by atoms with Gasteiger partial charge in [-0.15, -0.1) is 0 Å². The first-order valence-electron chi connectivity index (χ1n) is 9.77. The van der Waals surface area contributed by atoms with E-state index < -0.39 is 68.7 Å². The van der Waals surface area contributed by atoms with Crippen LogP contribution in [0.25, 0.3) is 0 Å². The van der Waals surface area contributed by atoms with E-state index in [1.165, 1.54) is 19.2 Å². The molecule has 34 heavy (non-hydrogen) atoms. The van der Waals surface area contributed by atoms with Gasteiger partial charge in [0.25, 0.3) is 5.91 Å². The summed E-state index contributed by atoms with van der Waals surface area (Å²) < 4.78 is 82.6.